The molecule has 0 aromatic carbocycles. The Kier molecular flexibility index (Phi) is 3.63. The van der Waals surface area contributed by atoms with Gasteiger partial charge in [-0.15, -0.1) is 21.5 Å². The number of hydrogen-bond donors (Lipinski definition) is 1. The van der Waals surface area contributed by atoms with Crippen LogP contribution in [0.2, 0.25) is 0 Å². The maximum atomic E-state index is 5.62. The Bertz CT molecular complexity index is 426. The summed E-state index contributed by atoms with van der Waals surface area (Å²) in [6.45, 7) is 5.03. The minimum atomic E-state index is 0.138. The van der Waals surface area contributed by atoms with E-state index >= 15 is 0 Å². The van der Waals surface area contributed by atoms with Crippen LogP contribution in [0.5, 0.6) is 0 Å². The van der Waals surface area contributed by atoms with Crippen LogP contribution in [0.3, 0.4) is 0 Å². The first-order valence-electron chi connectivity index (χ1n) is 5.30. The SMILES string of the molecule is CCNC(CC)c1nnc(-c2cncs2)o1. The Morgan fingerprint density at radius 1 is 1.44 bits per heavy atom. The van der Waals surface area contributed by atoms with Gasteiger partial charge in [0.15, 0.2) is 0 Å². The zero-order valence-electron chi connectivity index (χ0n) is 9.30. The molecule has 0 aliphatic heterocycles. The third kappa shape index (κ3) is 2.28. The minimum Gasteiger partial charge on any atom is -0.418 e. The summed E-state index contributed by atoms with van der Waals surface area (Å²) in [5.74, 6) is 1.20. The van der Waals surface area contributed by atoms with E-state index in [0.717, 1.165) is 17.8 Å². The van der Waals surface area contributed by atoms with Gasteiger partial charge >= 0.3 is 0 Å². The van der Waals surface area contributed by atoms with Crippen LogP contribution in [0, 0.1) is 0 Å². The Balaban J connectivity index is 2.18. The highest BCUT2D eigenvalue weighted by Gasteiger charge is 2.16. The van der Waals surface area contributed by atoms with Crippen molar-refractivity contribution in [3.8, 4) is 10.8 Å². The topological polar surface area (TPSA) is 63.8 Å². The van der Waals surface area contributed by atoms with Crippen LogP contribution in [-0.4, -0.2) is 21.7 Å². The summed E-state index contributed by atoms with van der Waals surface area (Å²) >= 11 is 1.49. The first-order valence-corrected chi connectivity index (χ1v) is 6.18. The quantitative estimate of drug-likeness (QED) is 0.865. The molecule has 1 N–H and O–H groups in total. The lowest BCUT2D eigenvalue weighted by Gasteiger charge is -2.09. The Hall–Kier alpha value is -1.27. The Morgan fingerprint density at radius 3 is 2.94 bits per heavy atom. The molecule has 1 unspecified atom stereocenters. The lowest BCUT2D eigenvalue weighted by molar-refractivity contribution is 0.402. The van der Waals surface area contributed by atoms with E-state index in [4.69, 9.17) is 4.42 Å². The molecule has 2 aromatic rings. The van der Waals surface area contributed by atoms with Gasteiger partial charge < -0.3 is 9.73 Å². The molecule has 16 heavy (non-hydrogen) atoms. The number of thiazole rings is 1. The molecule has 0 spiro atoms. The molecule has 0 fully saturated rings. The van der Waals surface area contributed by atoms with Crippen molar-refractivity contribution in [3.63, 3.8) is 0 Å². The summed E-state index contributed by atoms with van der Waals surface area (Å²) in [6.07, 6.45) is 2.66. The molecule has 2 rings (SSSR count). The molecule has 86 valence electrons. The number of aromatic nitrogens is 3. The molecule has 0 radical (unpaired) electrons. The number of hydrogen-bond acceptors (Lipinski definition) is 6. The highest BCUT2D eigenvalue weighted by Crippen LogP contribution is 2.24. The fourth-order valence-corrected chi connectivity index (χ4v) is 1.99. The fraction of sp³-hybridized carbons (Fsp3) is 0.500. The molecular formula is C10H14N4OS. The predicted molar refractivity (Wildman–Crippen MR) is 62.1 cm³/mol. The van der Waals surface area contributed by atoms with Crippen molar-refractivity contribution in [2.24, 2.45) is 0 Å². The van der Waals surface area contributed by atoms with Crippen molar-refractivity contribution in [2.75, 3.05) is 6.54 Å². The Labute approximate surface area is 97.9 Å². The Morgan fingerprint density at radius 2 is 2.31 bits per heavy atom. The number of nitrogens with one attached hydrogen (secondary N) is 1. The van der Waals surface area contributed by atoms with Gasteiger partial charge in [0.2, 0.25) is 5.89 Å². The summed E-state index contributed by atoms with van der Waals surface area (Å²) in [5.41, 5.74) is 1.75. The molecule has 2 aromatic heterocycles. The van der Waals surface area contributed by atoms with Gasteiger partial charge in [-0.2, -0.15) is 0 Å². The largest absolute Gasteiger partial charge is 0.418 e. The second-order valence-electron chi connectivity index (χ2n) is 3.33. The van der Waals surface area contributed by atoms with Crippen LogP contribution < -0.4 is 5.32 Å². The van der Waals surface area contributed by atoms with Crippen molar-refractivity contribution >= 4 is 11.3 Å². The van der Waals surface area contributed by atoms with Crippen molar-refractivity contribution in [3.05, 3.63) is 17.6 Å². The molecular weight excluding hydrogens is 224 g/mol. The maximum Gasteiger partial charge on any atom is 0.259 e. The van der Waals surface area contributed by atoms with Crippen LogP contribution in [-0.2, 0) is 0 Å². The van der Waals surface area contributed by atoms with E-state index in [2.05, 4.69) is 34.3 Å². The van der Waals surface area contributed by atoms with Gasteiger partial charge in [0.25, 0.3) is 5.89 Å². The smallest absolute Gasteiger partial charge is 0.259 e. The van der Waals surface area contributed by atoms with Gasteiger partial charge in [-0.05, 0) is 13.0 Å². The van der Waals surface area contributed by atoms with Crippen LogP contribution in [0.25, 0.3) is 10.8 Å². The lowest BCUT2D eigenvalue weighted by atomic mass is 10.2. The molecule has 6 heteroatoms. The minimum absolute atomic E-state index is 0.138. The molecule has 0 saturated heterocycles. The van der Waals surface area contributed by atoms with Gasteiger partial charge in [0.05, 0.1) is 17.7 Å². The van der Waals surface area contributed by atoms with E-state index in [9.17, 15) is 0 Å². The first kappa shape index (κ1) is 11.2. The molecule has 2 heterocycles. The van der Waals surface area contributed by atoms with Crippen LogP contribution >= 0.6 is 11.3 Å². The second-order valence-corrected chi connectivity index (χ2v) is 4.22. The van der Waals surface area contributed by atoms with Crippen molar-refractivity contribution in [1.29, 1.82) is 0 Å². The average Bonchev–Trinajstić information content (AvgIpc) is 2.95. The van der Waals surface area contributed by atoms with Crippen LogP contribution in [0.1, 0.15) is 32.2 Å². The summed E-state index contributed by atoms with van der Waals surface area (Å²) in [6, 6.07) is 0.138. The third-order valence-corrected chi connectivity index (χ3v) is 3.00. The summed E-state index contributed by atoms with van der Waals surface area (Å²) < 4.78 is 5.62. The molecule has 5 nitrogen and oxygen atoms in total. The molecule has 1 atom stereocenters. The lowest BCUT2D eigenvalue weighted by Crippen LogP contribution is -2.20. The van der Waals surface area contributed by atoms with E-state index in [-0.39, 0.29) is 6.04 Å². The van der Waals surface area contributed by atoms with Gasteiger partial charge in [-0.1, -0.05) is 13.8 Å². The molecule has 0 saturated carbocycles. The van der Waals surface area contributed by atoms with Gasteiger partial charge in [0.1, 0.15) is 4.88 Å². The van der Waals surface area contributed by atoms with Gasteiger partial charge in [0, 0.05) is 0 Å². The predicted octanol–water partition coefficient (Wildman–Crippen LogP) is 2.25. The number of nitrogens with zero attached hydrogens (tertiary/aromatic N) is 3. The van der Waals surface area contributed by atoms with Crippen LogP contribution in [0.15, 0.2) is 16.1 Å². The van der Waals surface area contributed by atoms with E-state index in [1.165, 1.54) is 11.3 Å². The second kappa shape index (κ2) is 5.18. The average molecular weight is 238 g/mol. The van der Waals surface area contributed by atoms with Crippen molar-refractivity contribution in [1.82, 2.24) is 20.5 Å². The summed E-state index contributed by atoms with van der Waals surface area (Å²) in [5, 5.41) is 11.4. The van der Waals surface area contributed by atoms with Gasteiger partial charge in [-0.25, -0.2) is 0 Å². The van der Waals surface area contributed by atoms with Crippen molar-refractivity contribution in [2.45, 2.75) is 26.3 Å². The fourth-order valence-electron chi connectivity index (χ4n) is 1.45. The normalized spacial score (nSPS) is 12.9. The molecule has 0 amide bonds. The van der Waals surface area contributed by atoms with E-state index in [0.29, 0.717) is 11.8 Å². The summed E-state index contributed by atoms with van der Waals surface area (Å²) in [7, 11) is 0. The van der Waals surface area contributed by atoms with Gasteiger partial charge in [-0.3, -0.25) is 4.98 Å². The van der Waals surface area contributed by atoms with E-state index < -0.39 is 0 Å². The maximum absolute atomic E-state index is 5.62. The van der Waals surface area contributed by atoms with E-state index in [1.807, 2.05) is 0 Å². The molecule has 0 aliphatic carbocycles. The zero-order valence-corrected chi connectivity index (χ0v) is 10.1. The highest BCUT2D eigenvalue weighted by atomic mass is 32.1. The highest BCUT2D eigenvalue weighted by molar-refractivity contribution is 7.13. The van der Waals surface area contributed by atoms with Crippen LogP contribution in [0.4, 0.5) is 0 Å². The standard InChI is InChI=1S/C10H14N4OS/c1-3-7(12-4-2)9-13-14-10(15-9)8-5-11-6-16-8/h5-7,12H,3-4H2,1-2H3. The van der Waals surface area contributed by atoms with E-state index in [1.54, 1.807) is 11.7 Å². The monoisotopic (exact) mass is 238 g/mol. The first-order chi connectivity index (χ1) is 7.85. The zero-order chi connectivity index (χ0) is 11.4. The van der Waals surface area contributed by atoms with Crippen molar-refractivity contribution < 1.29 is 4.42 Å². The molecule has 0 bridgehead atoms. The molecule has 0 aliphatic rings. The number of rotatable bonds is 5. The summed E-state index contributed by atoms with van der Waals surface area (Å²) in [4.78, 5) is 4.89. The third-order valence-electron chi connectivity index (χ3n) is 2.24.